The van der Waals surface area contributed by atoms with Crippen molar-refractivity contribution in [1.29, 1.82) is 0 Å². The van der Waals surface area contributed by atoms with Crippen LogP contribution in [0.5, 0.6) is 0 Å². The first-order valence-corrected chi connectivity index (χ1v) is 8.63. The first-order chi connectivity index (χ1) is 10.5. The lowest BCUT2D eigenvalue weighted by atomic mass is 10.1. The summed E-state index contributed by atoms with van der Waals surface area (Å²) in [6.07, 6.45) is 4.08. The van der Waals surface area contributed by atoms with Crippen molar-refractivity contribution in [3.05, 3.63) is 54.9 Å². The number of nitrogens with zero attached hydrogens (tertiary/aromatic N) is 1. The zero-order chi connectivity index (χ0) is 15.9. The van der Waals surface area contributed by atoms with Crippen molar-refractivity contribution in [2.24, 2.45) is 0 Å². The first-order valence-electron chi connectivity index (χ1n) is 6.27. The molecule has 8 heteroatoms. The van der Waals surface area contributed by atoms with Crippen LogP contribution in [0.25, 0.3) is 11.0 Å². The molecule has 2 aromatic heterocycles. The maximum atomic E-state index is 12.0. The number of nitrogens with one attached hydrogen (secondary N) is 2. The van der Waals surface area contributed by atoms with E-state index in [4.69, 9.17) is 34.8 Å². The Morgan fingerprint density at radius 1 is 1.23 bits per heavy atom. The molecule has 0 aliphatic rings. The summed E-state index contributed by atoms with van der Waals surface area (Å²) >= 11 is 19.7. The molecule has 0 fully saturated rings. The fraction of sp³-hybridized carbons (Fsp3) is 0.143. The highest BCUT2D eigenvalue weighted by atomic mass is 35.5. The number of fused-ring (bicyclic) bond motifs is 1. The minimum atomic E-state index is -0.198. The van der Waals surface area contributed by atoms with E-state index in [-0.39, 0.29) is 5.56 Å². The molecule has 3 rings (SSSR count). The van der Waals surface area contributed by atoms with Crippen LogP contribution in [-0.4, -0.2) is 21.2 Å². The molecule has 1 aromatic carbocycles. The lowest BCUT2D eigenvalue weighted by Gasteiger charge is -2.06. The Kier molecular flexibility index (Phi) is 4.41. The molecule has 3 aromatic rings. The van der Waals surface area contributed by atoms with Crippen LogP contribution in [0.15, 0.2) is 28.3 Å². The van der Waals surface area contributed by atoms with E-state index in [1.807, 2.05) is 6.26 Å². The maximum absolute atomic E-state index is 12.0. The van der Waals surface area contributed by atoms with Crippen molar-refractivity contribution in [2.75, 3.05) is 6.26 Å². The smallest absolute Gasteiger partial charge is 0.275 e. The Bertz CT molecular complexity index is 920. The van der Waals surface area contributed by atoms with Crippen LogP contribution in [0.1, 0.15) is 11.1 Å². The van der Waals surface area contributed by atoms with Gasteiger partial charge in [-0.15, -0.1) is 0 Å². The van der Waals surface area contributed by atoms with Gasteiger partial charge in [0.2, 0.25) is 0 Å². The molecule has 0 aliphatic carbocycles. The Hall–Kier alpha value is -1.14. The van der Waals surface area contributed by atoms with Gasteiger partial charge < -0.3 is 4.98 Å². The van der Waals surface area contributed by atoms with Crippen LogP contribution in [0.3, 0.4) is 0 Å². The summed E-state index contributed by atoms with van der Waals surface area (Å²) < 4.78 is 0. The summed E-state index contributed by atoms with van der Waals surface area (Å²) in [5.74, 6) is 0. The molecule has 0 saturated carbocycles. The van der Waals surface area contributed by atoms with Gasteiger partial charge in [0.25, 0.3) is 5.56 Å². The van der Waals surface area contributed by atoms with Gasteiger partial charge >= 0.3 is 0 Å². The number of benzene rings is 1. The Labute approximate surface area is 145 Å². The normalized spacial score (nSPS) is 11.3. The lowest BCUT2D eigenvalue weighted by Crippen LogP contribution is -2.09. The second-order valence-corrected chi connectivity index (χ2v) is 6.67. The third-order valence-electron chi connectivity index (χ3n) is 3.24. The van der Waals surface area contributed by atoms with E-state index in [1.54, 1.807) is 18.3 Å². The highest BCUT2D eigenvalue weighted by Crippen LogP contribution is 2.32. The molecule has 0 unspecified atom stereocenters. The van der Waals surface area contributed by atoms with Crippen LogP contribution in [0.4, 0.5) is 0 Å². The van der Waals surface area contributed by atoms with E-state index in [9.17, 15) is 4.79 Å². The summed E-state index contributed by atoms with van der Waals surface area (Å²) in [6, 6.07) is 3.36. The number of hydrogen-bond donors (Lipinski definition) is 2. The SMILES string of the molecule is CSc1nc2c(Cc3cc(Cl)cc(Cl)c3Cl)c[nH]c2c(=O)[nH]1. The van der Waals surface area contributed by atoms with Crippen LogP contribution in [0.2, 0.25) is 15.1 Å². The van der Waals surface area contributed by atoms with Gasteiger partial charge in [-0.05, 0) is 24.0 Å². The second kappa shape index (κ2) is 6.16. The second-order valence-electron chi connectivity index (χ2n) is 4.65. The molecule has 0 bridgehead atoms. The summed E-state index contributed by atoms with van der Waals surface area (Å²) in [4.78, 5) is 22.1. The quantitative estimate of drug-likeness (QED) is 0.402. The Morgan fingerprint density at radius 2 is 2.00 bits per heavy atom. The number of thioether (sulfide) groups is 1. The largest absolute Gasteiger partial charge is 0.355 e. The molecule has 0 atom stereocenters. The molecule has 0 spiro atoms. The fourth-order valence-electron chi connectivity index (χ4n) is 2.22. The monoisotopic (exact) mass is 373 g/mol. The highest BCUT2D eigenvalue weighted by Gasteiger charge is 2.14. The van der Waals surface area contributed by atoms with Crippen LogP contribution < -0.4 is 5.56 Å². The molecule has 0 aliphatic heterocycles. The van der Waals surface area contributed by atoms with Crippen molar-refractivity contribution < 1.29 is 0 Å². The molecule has 0 saturated heterocycles. The molecular weight excluding hydrogens is 365 g/mol. The van der Waals surface area contributed by atoms with Crippen molar-refractivity contribution in [1.82, 2.24) is 15.0 Å². The number of aromatic nitrogens is 3. The third-order valence-corrected chi connectivity index (χ3v) is 4.87. The first kappa shape index (κ1) is 15.7. The molecule has 0 amide bonds. The molecule has 0 radical (unpaired) electrons. The van der Waals surface area contributed by atoms with E-state index in [2.05, 4.69) is 15.0 Å². The van der Waals surface area contributed by atoms with E-state index in [1.165, 1.54) is 11.8 Å². The van der Waals surface area contributed by atoms with Crippen molar-refractivity contribution >= 4 is 57.6 Å². The number of H-pyrrole nitrogens is 2. The zero-order valence-electron chi connectivity index (χ0n) is 11.3. The topological polar surface area (TPSA) is 61.5 Å². The fourth-order valence-corrected chi connectivity index (χ4v) is 3.31. The minimum Gasteiger partial charge on any atom is -0.355 e. The molecule has 114 valence electrons. The number of aromatic amines is 2. The Balaban J connectivity index is 2.12. The van der Waals surface area contributed by atoms with Gasteiger partial charge in [-0.1, -0.05) is 46.6 Å². The van der Waals surface area contributed by atoms with Gasteiger partial charge in [-0.2, -0.15) is 0 Å². The standard InChI is InChI=1S/C14H10Cl3N3OS/c1-22-14-19-11-7(5-18-12(11)13(21)20-14)2-6-3-8(15)4-9(16)10(6)17/h3-5,18H,2H2,1H3,(H,19,20,21). The summed E-state index contributed by atoms with van der Waals surface area (Å²) in [7, 11) is 0. The maximum Gasteiger partial charge on any atom is 0.275 e. The van der Waals surface area contributed by atoms with Gasteiger partial charge in [0, 0.05) is 23.2 Å². The van der Waals surface area contributed by atoms with Gasteiger partial charge in [-0.25, -0.2) is 4.98 Å². The van der Waals surface area contributed by atoms with E-state index >= 15 is 0 Å². The van der Waals surface area contributed by atoms with Crippen molar-refractivity contribution in [3.63, 3.8) is 0 Å². The van der Waals surface area contributed by atoms with E-state index in [0.29, 0.717) is 37.7 Å². The minimum absolute atomic E-state index is 0.198. The summed E-state index contributed by atoms with van der Waals surface area (Å²) in [5.41, 5.74) is 2.51. The average molecular weight is 375 g/mol. The van der Waals surface area contributed by atoms with Gasteiger partial charge in [0.1, 0.15) is 11.0 Å². The average Bonchev–Trinajstić information content (AvgIpc) is 2.87. The number of rotatable bonds is 3. The molecule has 4 nitrogen and oxygen atoms in total. The third kappa shape index (κ3) is 2.86. The molecule has 2 N–H and O–H groups in total. The van der Waals surface area contributed by atoms with Crippen LogP contribution in [-0.2, 0) is 6.42 Å². The van der Waals surface area contributed by atoms with E-state index in [0.717, 1.165) is 11.1 Å². The van der Waals surface area contributed by atoms with Gasteiger partial charge in [-0.3, -0.25) is 9.78 Å². The number of hydrogen-bond acceptors (Lipinski definition) is 3. The predicted molar refractivity (Wildman–Crippen MR) is 92.8 cm³/mol. The highest BCUT2D eigenvalue weighted by molar-refractivity contribution is 7.98. The molecular formula is C14H10Cl3N3OS. The summed E-state index contributed by atoms with van der Waals surface area (Å²) in [6.45, 7) is 0. The van der Waals surface area contributed by atoms with Crippen LogP contribution in [0, 0.1) is 0 Å². The predicted octanol–water partition coefficient (Wildman–Crippen LogP) is 4.52. The van der Waals surface area contributed by atoms with Gasteiger partial charge in [0.15, 0.2) is 5.16 Å². The summed E-state index contributed by atoms with van der Waals surface area (Å²) in [5, 5.41) is 1.93. The van der Waals surface area contributed by atoms with Gasteiger partial charge in [0.05, 0.1) is 10.0 Å². The Morgan fingerprint density at radius 3 is 2.73 bits per heavy atom. The lowest BCUT2D eigenvalue weighted by molar-refractivity contribution is 0.972. The van der Waals surface area contributed by atoms with Crippen molar-refractivity contribution in [2.45, 2.75) is 11.6 Å². The number of halogens is 3. The molecule has 22 heavy (non-hydrogen) atoms. The van der Waals surface area contributed by atoms with Crippen LogP contribution >= 0.6 is 46.6 Å². The molecule has 2 heterocycles. The van der Waals surface area contributed by atoms with E-state index < -0.39 is 0 Å². The zero-order valence-corrected chi connectivity index (χ0v) is 14.4. The van der Waals surface area contributed by atoms with Crippen molar-refractivity contribution in [3.8, 4) is 0 Å².